The van der Waals surface area contributed by atoms with Crippen molar-refractivity contribution in [1.29, 1.82) is 0 Å². The van der Waals surface area contributed by atoms with Crippen LogP contribution in [0.15, 0.2) is 41.3 Å². The highest BCUT2D eigenvalue weighted by atomic mass is 32.2. The molecule has 1 amide bonds. The van der Waals surface area contributed by atoms with Crippen molar-refractivity contribution in [3.05, 3.63) is 53.1 Å². The third-order valence-corrected chi connectivity index (χ3v) is 4.78. The van der Waals surface area contributed by atoms with Gasteiger partial charge < -0.3 is 10.4 Å². The van der Waals surface area contributed by atoms with Crippen LogP contribution in [-0.2, 0) is 16.3 Å². The molecular formula is C17H19NO4S. The second-order valence-electron chi connectivity index (χ2n) is 5.37. The molecule has 0 aromatic heterocycles. The molecule has 0 aliphatic heterocycles. The first-order chi connectivity index (χ1) is 10.7. The maximum Gasteiger partial charge on any atom is 0.255 e. The number of rotatable bonds is 4. The Kier molecular flexibility index (Phi) is 4.75. The van der Waals surface area contributed by atoms with Gasteiger partial charge in [-0.3, -0.25) is 4.79 Å². The molecule has 2 N–H and O–H groups in total. The number of hydrogen-bond donors (Lipinski definition) is 2. The van der Waals surface area contributed by atoms with Gasteiger partial charge in [-0.05, 0) is 42.7 Å². The Morgan fingerprint density at radius 1 is 1.22 bits per heavy atom. The lowest BCUT2D eigenvalue weighted by atomic mass is 10.1. The van der Waals surface area contributed by atoms with Crippen molar-refractivity contribution < 1.29 is 18.3 Å². The molecule has 0 saturated carbocycles. The number of phenolic OH excluding ortho intramolecular Hbond substituents is 1. The van der Waals surface area contributed by atoms with E-state index in [9.17, 15) is 18.3 Å². The Bertz CT molecular complexity index is 837. The Balaban J connectivity index is 2.41. The Hall–Kier alpha value is -2.34. The molecule has 5 nitrogen and oxygen atoms in total. The molecule has 122 valence electrons. The van der Waals surface area contributed by atoms with Crippen LogP contribution < -0.4 is 5.32 Å². The minimum Gasteiger partial charge on any atom is -0.506 e. The molecule has 0 heterocycles. The number of para-hydroxylation sites is 1. The van der Waals surface area contributed by atoms with Gasteiger partial charge in [0.15, 0.2) is 9.84 Å². The van der Waals surface area contributed by atoms with Gasteiger partial charge in [0.05, 0.1) is 10.6 Å². The van der Waals surface area contributed by atoms with Crippen LogP contribution >= 0.6 is 0 Å². The van der Waals surface area contributed by atoms with Gasteiger partial charge in [-0.1, -0.05) is 25.1 Å². The Morgan fingerprint density at radius 3 is 2.48 bits per heavy atom. The summed E-state index contributed by atoms with van der Waals surface area (Å²) < 4.78 is 23.8. The number of nitrogens with one attached hydrogen (secondary N) is 1. The second-order valence-corrected chi connectivity index (χ2v) is 7.36. The number of carbonyl (C=O) groups is 1. The fourth-order valence-electron chi connectivity index (χ4n) is 2.33. The van der Waals surface area contributed by atoms with Gasteiger partial charge in [-0.25, -0.2) is 8.42 Å². The molecular weight excluding hydrogens is 314 g/mol. The van der Waals surface area contributed by atoms with Crippen LogP contribution in [0.25, 0.3) is 0 Å². The molecule has 23 heavy (non-hydrogen) atoms. The standard InChI is InChI=1S/C17H19NO4S/c1-4-12-8-9-13(10-15(12)23(3,21)22)17(20)18-16-11(2)6-5-7-14(16)19/h5-10,19H,4H2,1-3H3,(H,18,20). The molecule has 0 radical (unpaired) electrons. The summed E-state index contributed by atoms with van der Waals surface area (Å²) in [5, 5.41) is 12.5. The minimum absolute atomic E-state index is 0.0353. The topological polar surface area (TPSA) is 83.5 Å². The molecule has 0 spiro atoms. The molecule has 0 fully saturated rings. The maximum atomic E-state index is 12.4. The van der Waals surface area contributed by atoms with E-state index in [1.807, 2.05) is 6.92 Å². The van der Waals surface area contributed by atoms with E-state index in [1.165, 1.54) is 12.1 Å². The maximum absolute atomic E-state index is 12.4. The fourth-order valence-corrected chi connectivity index (χ4v) is 3.36. The van der Waals surface area contributed by atoms with Crippen molar-refractivity contribution in [3.8, 4) is 5.75 Å². The number of amides is 1. The lowest BCUT2D eigenvalue weighted by molar-refractivity contribution is 0.102. The molecule has 0 aliphatic rings. The third kappa shape index (κ3) is 3.71. The summed E-state index contributed by atoms with van der Waals surface area (Å²) in [5.74, 6) is -0.506. The second kappa shape index (κ2) is 6.42. The molecule has 2 aromatic carbocycles. The number of hydrogen-bond acceptors (Lipinski definition) is 4. The fraction of sp³-hybridized carbons (Fsp3) is 0.235. The first-order valence-electron chi connectivity index (χ1n) is 7.17. The smallest absolute Gasteiger partial charge is 0.255 e. The highest BCUT2D eigenvalue weighted by Crippen LogP contribution is 2.27. The first kappa shape index (κ1) is 17.0. The molecule has 0 atom stereocenters. The predicted octanol–water partition coefficient (Wildman–Crippen LogP) is 2.92. The number of aryl methyl sites for hydroxylation is 2. The van der Waals surface area contributed by atoms with E-state index in [0.717, 1.165) is 6.26 Å². The summed E-state index contributed by atoms with van der Waals surface area (Å²) in [7, 11) is -3.42. The zero-order valence-corrected chi connectivity index (χ0v) is 14.1. The Morgan fingerprint density at radius 2 is 1.91 bits per heavy atom. The average molecular weight is 333 g/mol. The Labute approximate surface area is 135 Å². The van der Waals surface area contributed by atoms with Crippen molar-refractivity contribution >= 4 is 21.4 Å². The summed E-state index contributed by atoms with van der Waals surface area (Å²) in [5.41, 5.74) is 1.93. The minimum atomic E-state index is -3.42. The number of aromatic hydroxyl groups is 1. The highest BCUT2D eigenvalue weighted by molar-refractivity contribution is 7.90. The van der Waals surface area contributed by atoms with Crippen LogP contribution in [0.1, 0.15) is 28.4 Å². The van der Waals surface area contributed by atoms with E-state index >= 15 is 0 Å². The van der Waals surface area contributed by atoms with Gasteiger partial charge in [-0.2, -0.15) is 0 Å². The summed E-state index contributed by atoms with van der Waals surface area (Å²) in [4.78, 5) is 12.5. The van der Waals surface area contributed by atoms with Crippen molar-refractivity contribution in [2.24, 2.45) is 0 Å². The van der Waals surface area contributed by atoms with E-state index in [0.29, 0.717) is 23.2 Å². The molecule has 0 aliphatic carbocycles. The zero-order chi connectivity index (χ0) is 17.2. The van der Waals surface area contributed by atoms with Crippen molar-refractivity contribution in [3.63, 3.8) is 0 Å². The lowest BCUT2D eigenvalue weighted by Gasteiger charge is -2.12. The van der Waals surface area contributed by atoms with Crippen molar-refractivity contribution in [1.82, 2.24) is 0 Å². The van der Waals surface area contributed by atoms with Crippen molar-refractivity contribution in [2.75, 3.05) is 11.6 Å². The normalized spacial score (nSPS) is 11.3. The molecule has 2 aromatic rings. The van der Waals surface area contributed by atoms with Crippen molar-refractivity contribution in [2.45, 2.75) is 25.2 Å². The van der Waals surface area contributed by atoms with E-state index in [1.54, 1.807) is 31.2 Å². The monoisotopic (exact) mass is 333 g/mol. The van der Waals surface area contributed by atoms with Crippen LogP contribution in [0.5, 0.6) is 5.75 Å². The molecule has 0 saturated heterocycles. The van der Waals surface area contributed by atoms with Gasteiger partial charge in [0.2, 0.25) is 0 Å². The van der Waals surface area contributed by atoms with Gasteiger partial charge >= 0.3 is 0 Å². The van der Waals surface area contributed by atoms with Crippen LogP contribution in [0.3, 0.4) is 0 Å². The lowest BCUT2D eigenvalue weighted by Crippen LogP contribution is -2.14. The number of sulfone groups is 1. The van der Waals surface area contributed by atoms with E-state index < -0.39 is 15.7 Å². The summed E-state index contributed by atoms with van der Waals surface area (Å²) in [6.07, 6.45) is 1.68. The number of carbonyl (C=O) groups excluding carboxylic acids is 1. The molecule has 0 bridgehead atoms. The van der Waals surface area contributed by atoms with Crippen LogP contribution in [0.2, 0.25) is 0 Å². The largest absolute Gasteiger partial charge is 0.506 e. The molecule has 2 rings (SSSR count). The van der Waals surface area contributed by atoms with Crippen LogP contribution in [-0.4, -0.2) is 25.7 Å². The van der Waals surface area contributed by atoms with E-state index in [4.69, 9.17) is 0 Å². The zero-order valence-electron chi connectivity index (χ0n) is 13.3. The van der Waals surface area contributed by atoms with E-state index in [-0.39, 0.29) is 16.2 Å². The van der Waals surface area contributed by atoms with Crippen LogP contribution in [0, 0.1) is 6.92 Å². The molecule has 0 unspecified atom stereocenters. The van der Waals surface area contributed by atoms with Crippen LogP contribution in [0.4, 0.5) is 5.69 Å². The summed E-state index contributed by atoms with van der Waals surface area (Å²) in [6, 6.07) is 9.51. The van der Waals surface area contributed by atoms with E-state index in [2.05, 4.69) is 5.32 Å². The summed E-state index contributed by atoms with van der Waals surface area (Å²) in [6.45, 7) is 3.62. The first-order valence-corrected chi connectivity index (χ1v) is 9.06. The van der Waals surface area contributed by atoms with Gasteiger partial charge in [0, 0.05) is 11.8 Å². The quantitative estimate of drug-likeness (QED) is 0.843. The van der Waals surface area contributed by atoms with Gasteiger partial charge in [0.1, 0.15) is 5.75 Å². The average Bonchev–Trinajstić information content (AvgIpc) is 2.49. The number of phenols is 1. The number of anilines is 1. The third-order valence-electron chi connectivity index (χ3n) is 3.60. The highest BCUT2D eigenvalue weighted by Gasteiger charge is 2.17. The number of benzene rings is 2. The van der Waals surface area contributed by atoms with Gasteiger partial charge in [0.25, 0.3) is 5.91 Å². The van der Waals surface area contributed by atoms with Gasteiger partial charge in [-0.15, -0.1) is 0 Å². The summed E-state index contributed by atoms with van der Waals surface area (Å²) >= 11 is 0. The SMILES string of the molecule is CCc1ccc(C(=O)Nc2c(C)cccc2O)cc1S(C)(=O)=O. The predicted molar refractivity (Wildman–Crippen MR) is 89.7 cm³/mol. The molecule has 6 heteroatoms.